The van der Waals surface area contributed by atoms with Crippen LogP contribution in [0.5, 0.6) is 0 Å². The number of nitrogens with zero attached hydrogens (tertiary/aromatic N) is 1. The number of anilines is 2. The molecule has 4 rings (SSSR count). The van der Waals surface area contributed by atoms with Gasteiger partial charge in [0.1, 0.15) is 0 Å². The van der Waals surface area contributed by atoms with E-state index in [-0.39, 0.29) is 11.8 Å². The van der Waals surface area contributed by atoms with Crippen molar-refractivity contribution in [3.8, 4) is 0 Å². The first-order valence-electron chi connectivity index (χ1n) is 11.0. The first kappa shape index (κ1) is 22.3. The number of carbonyl (C=O) groups is 2. The Bertz CT molecular complexity index is 1250. The Morgan fingerprint density at radius 2 is 1.76 bits per heavy atom. The summed E-state index contributed by atoms with van der Waals surface area (Å²) in [6, 6.07) is 21.1. The number of nitrogens with one attached hydrogen (secondary N) is 2. The average molecular weight is 441 g/mol. The van der Waals surface area contributed by atoms with E-state index in [9.17, 15) is 9.59 Å². The first-order chi connectivity index (χ1) is 15.9. The zero-order valence-electron chi connectivity index (χ0n) is 19.1. The van der Waals surface area contributed by atoms with Gasteiger partial charge in [0.2, 0.25) is 0 Å². The number of nitrogens with two attached hydrogens (primary N) is 1. The Hall–Kier alpha value is -3.90. The molecule has 1 aliphatic rings. The predicted octanol–water partition coefficient (Wildman–Crippen LogP) is 3.99. The Balaban J connectivity index is 1.90. The molecule has 3 aromatic carbocycles. The van der Waals surface area contributed by atoms with E-state index in [1.165, 1.54) is 0 Å². The van der Waals surface area contributed by atoms with E-state index >= 15 is 0 Å². The molecule has 0 saturated carbocycles. The molecule has 0 unspecified atom stereocenters. The summed E-state index contributed by atoms with van der Waals surface area (Å²) in [6.07, 6.45) is 0. The average Bonchev–Trinajstić information content (AvgIpc) is 3.11. The van der Waals surface area contributed by atoms with Gasteiger partial charge in [-0.05, 0) is 50.3 Å². The van der Waals surface area contributed by atoms with Crippen LogP contribution >= 0.6 is 0 Å². The van der Waals surface area contributed by atoms with Crippen LogP contribution in [0.4, 0.5) is 11.4 Å². The molecule has 0 aliphatic carbocycles. The summed E-state index contributed by atoms with van der Waals surface area (Å²) >= 11 is 0. The standard InChI is InChI=1S/C27H28N4O2/c1-4-29-26(32)19-11-13-21-23(15-19)30-27(33)25(21)24(18-8-6-5-7-9-18)20-12-10-17(14-22(20)28)16-31(2)3/h5-15H,4,16,28H2,1-3H3,(H,29,32)(H,30,33)/b25-24-. The molecule has 1 aliphatic heterocycles. The fourth-order valence-electron chi connectivity index (χ4n) is 4.17. The third kappa shape index (κ3) is 4.52. The molecular formula is C27H28N4O2. The van der Waals surface area contributed by atoms with Gasteiger partial charge in [0.25, 0.3) is 11.8 Å². The Morgan fingerprint density at radius 1 is 1.00 bits per heavy atom. The zero-order valence-corrected chi connectivity index (χ0v) is 19.1. The first-order valence-corrected chi connectivity index (χ1v) is 11.0. The minimum atomic E-state index is -0.214. The molecule has 1 heterocycles. The predicted molar refractivity (Wildman–Crippen MR) is 134 cm³/mol. The van der Waals surface area contributed by atoms with Gasteiger partial charge in [-0.1, -0.05) is 48.5 Å². The molecule has 0 bridgehead atoms. The molecule has 0 fully saturated rings. The van der Waals surface area contributed by atoms with E-state index in [0.29, 0.717) is 29.1 Å². The number of hydrogen-bond donors (Lipinski definition) is 3. The van der Waals surface area contributed by atoms with Gasteiger partial charge in [-0.25, -0.2) is 0 Å². The third-order valence-corrected chi connectivity index (χ3v) is 5.56. The van der Waals surface area contributed by atoms with Crippen LogP contribution in [0.25, 0.3) is 11.1 Å². The largest absolute Gasteiger partial charge is 0.398 e. The minimum Gasteiger partial charge on any atom is -0.398 e. The number of hydrogen-bond acceptors (Lipinski definition) is 4. The fraction of sp³-hybridized carbons (Fsp3) is 0.185. The second-order valence-electron chi connectivity index (χ2n) is 8.35. The number of fused-ring (bicyclic) bond motifs is 1. The smallest absolute Gasteiger partial charge is 0.257 e. The molecule has 0 spiro atoms. The molecule has 33 heavy (non-hydrogen) atoms. The van der Waals surface area contributed by atoms with Crippen LogP contribution in [-0.4, -0.2) is 37.4 Å². The highest BCUT2D eigenvalue weighted by molar-refractivity contribution is 6.38. The van der Waals surface area contributed by atoms with E-state index in [4.69, 9.17) is 5.73 Å². The second-order valence-corrected chi connectivity index (χ2v) is 8.35. The molecular weight excluding hydrogens is 412 g/mol. The van der Waals surface area contributed by atoms with Crippen molar-refractivity contribution in [3.63, 3.8) is 0 Å². The van der Waals surface area contributed by atoms with Crippen LogP contribution in [0.2, 0.25) is 0 Å². The summed E-state index contributed by atoms with van der Waals surface area (Å²) in [5, 5.41) is 5.73. The topological polar surface area (TPSA) is 87.5 Å². The van der Waals surface area contributed by atoms with E-state index in [0.717, 1.165) is 34.4 Å². The minimum absolute atomic E-state index is 0.170. The van der Waals surface area contributed by atoms with Crippen molar-refractivity contribution >= 4 is 34.3 Å². The summed E-state index contributed by atoms with van der Waals surface area (Å²) in [5.74, 6) is -0.385. The van der Waals surface area contributed by atoms with Crippen LogP contribution in [-0.2, 0) is 11.3 Å². The van der Waals surface area contributed by atoms with Crippen LogP contribution in [0.3, 0.4) is 0 Å². The van der Waals surface area contributed by atoms with E-state index in [1.54, 1.807) is 12.1 Å². The zero-order chi connectivity index (χ0) is 23.5. The van der Waals surface area contributed by atoms with E-state index in [1.807, 2.05) is 75.6 Å². The third-order valence-electron chi connectivity index (χ3n) is 5.56. The number of carbonyl (C=O) groups excluding carboxylic acids is 2. The van der Waals surface area contributed by atoms with Crippen molar-refractivity contribution in [3.05, 3.63) is 94.5 Å². The van der Waals surface area contributed by atoms with Gasteiger partial charge in [-0.15, -0.1) is 0 Å². The van der Waals surface area contributed by atoms with Crippen molar-refractivity contribution in [1.82, 2.24) is 10.2 Å². The maximum absolute atomic E-state index is 13.2. The van der Waals surface area contributed by atoms with Crippen LogP contribution in [0.15, 0.2) is 66.7 Å². The number of rotatable bonds is 6. The highest BCUT2D eigenvalue weighted by Gasteiger charge is 2.30. The summed E-state index contributed by atoms with van der Waals surface area (Å²) in [4.78, 5) is 27.6. The summed E-state index contributed by atoms with van der Waals surface area (Å²) in [5.41, 5.74) is 13.1. The molecule has 6 nitrogen and oxygen atoms in total. The van der Waals surface area contributed by atoms with Crippen molar-refractivity contribution in [2.24, 2.45) is 0 Å². The van der Waals surface area contributed by atoms with Crippen molar-refractivity contribution < 1.29 is 9.59 Å². The van der Waals surface area contributed by atoms with Crippen molar-refractivity contribution in [2.45, 2.75) is 13.5 Å². The van der Waals surface area contributed by atoms with Gasteiger partial charge in [0.15, 0.2) is 0 Å². The van der Waals surface area contributed by atoms with Crippen molar-refractivity contribution in [1.29, 1.82) is 0 Å². The monoisotopic (exact) mass is 440 g/mol. The number of nitrogen functional groups attached to an aromatic ring is 1. The molecule has 6 heteroatoms. The SMILES string of the molecule is CCNC(=O)c1ccc2c(c1)NC(=O)/C2=C(/c1ccccc1)c1ccc(CN(C)C)cc1N. The second kappa shape index (κ2) is 9.30. The lowest BCUT2D eigenvalue weighted by atomic mass is 9.88. The van der Waals surface area contributed by atoms with Gasteiger partial charge < -0.3 is 21.3 Å². The van der Waals surface area contributed by atoms with E-state index in [2.05, 4.69) is 15.5 Å². The molecule has 2 amide bonds. The highest BCUT2D eigenvalue weighted by Crippen LogP contribution is 2.41. The van der Waals surface area contributed by atoms with Gasteiger partial charge in [0, 0.05) is 46.7 Å². The lowest BCUT2D eigenvalue weighted by Gasteiger charge is -2.17. The number of amides is 2. The lowest BCUT2D eigenvalue weighted by Crippen LogP contribution is -2.22. The molecule has 0 aromatic heterocycles. The normalized spacial score (nSPS) is 14.1. The summed E-state index contributed by atoms with van der Waals surface area (Å²) in [6.45, 7) is 3.18. The Kier molecular flexibility index (Phi) is 6.29. The van der Waals surface area contributed by atoms with Crippen LogP contribution < -0.4 is 16.4 Å². The van der Waals surface area contributed by atoms with Gasteiger partial charge in [-0.3, -0.25) is 9.59 Å². The van der Waals surface area contributed by atoms with Gasteiger partial charge in [0.05, 0.1) is 5.57 Å². The molecule has 3 aromatic rings. The molecule has 0 atom stereocenters. The molecule has 0 saturated heterocycles. The molecule has 168 valence electrons. The lowest BCUT2D eigenvalue weighted by molar-refractivity contribution is -0.110. The Labute approximate surface area is 194 Å². The maximum atomic E-state index is 13.2. The summed E-state index contributed by atoms with van der Waals surface area (Å²) < 4.78 is 0. The van der Waals surface area contributed by atoms with Gasteiger partial charge in [-0.2, -0.15) is 0 Å². The van der Waals surface area contributed by atoms with E-state index < -0.39 is 0 Å². The highest BCUT2D eigenvalue weighted by atomic mass is 16.2. The van der Waals surface area contributed by atoms with Crippen molar-refractivity contribution in [2.75, 3.05) is 31.7 Å². The van der Waals surface area contributed by atoms with Gasteiger partial charge >= 0.3 is 0 Å². The van der Waals surface area contributed by atoms with Crippen LogP contribution in [0, 0.1) is 0 Å². The molecule has 4 N–H and O–H groups in total. The van der Waals surface area contributed by atoms with Crippen LogP contribution in [0.1, 0.15) is 39.5 Å². The quantitative estimate of drug-likeness (QED) is 0.400. The maximum Gasteiger partial charge on any atom is 0.257 e. The molecule has 0 radical (unpaired) electrons. The number of benzene rings is 3. The Morgan fingerprint density at radius 3 is 2.42 bits per heavy atom. The summed E-state index contributed by atoms with van der Waals surface area (Å²) in [7, 11) is 4.02. The fourth-order valence-corrected chi connectivity index (χ4v) is 4.17.